The average molecular weight is 358 g/mol. The molecule has 3 rings (SSSR count). The first-order chi connectivity index (χ1) is 12.0. The number of anilines is 1. The van der Waals surface area contributed by atoms with Crippen molar-refractivity contribution >= 4 is 17.3 Å². The first-order valence-corrected chi connectivity index (χ1v) is 8.21. The molecular formula is C19H17ClFN3O. The Morgan fingerprint density at radius 3 is 2.60 bits per heavy atom. The normalized spacial score (nSPS) is 12.0. The summed E-state index contributed by atoms with van der Waals surface area (Å²) in [4.78, 5) is 12.5. The molecule has 0 aliphatic rings. The molecule has 0 spiro atoms. The number of benzene rings is 2. The molecule has 0 bridgehead atoms. The lowest BCUT2D eigenvalue weighted by atomic mass is 10.1. The number of aromatic nitrogens is 2. The van der Waals surface area contributed by atoms with Crippen LogP contribution in [0.1, 0.15) is 24.1 Å². The second kappa shape index (κ2) is 7.07. The fraction of sp³-hybridized carbons (Fsp3) is 0.158. The first-order valence-electron chi connectivity index (χ1n) is 7.83. The van der Waals surface area contributed by atoms with Crippen molar-refractivity contribution in [3.63, 3.8) is 0 Å². The van der Waals surface area contributed by atoms with E-state index in [9.17, 15) is 9.18 Å². The van der Waals surface area contributed by atoms with E-state index >= 15 is 0 Å². The van der Waals surface area contributed by atoms with E-state index in [-0.39, 0.29) is 16.9 Å². The van der Waals surface area contributed by atoms with E-state index in [1.165, 1.54) is 16.9 Å². The van der Waals surface area contributed by atoms with Crippen LogP contribution in [0.15, 0.2) is 59.5 Å². The third-order valence-electron chi connectivity index (χ3n) is 3.99. The topological polar surface area (TPSA) is 46.9 Å². The molecule has 2 aromatic carbocycles. The van der Waals surface area contributed by atoms with Crippen molar-refractivity contribution in [2.75, 3.05) is 5.32 Å². The standard InChI is InChI=1S/C19H17ClFN3O/c1-12-8-9-14(10-16(12)21)13(2)23-17-11-22-24(19(25)18(17)20)15-6-4-3-5-7-15/h3-11,13,23H,1-2H3. The highest BCUT2D eigenvalue weighted by Crippen LogP contribution is 2.24. The predicted molar refractivity (Wildman–Crippen MR) is 98.0 cm³/mol. The van der Waals surface area contributed by atoms with Gasteiger partial charge in [0.15, 0.2) is 0 Å². The number of rotatable bonds is 4. The van der Waals surface area contributed by atoms with Crippen LogP contribution in [0.3, 0.4) is 0 Å². The van der Waals surface area contributed by atoms with E-state index in [2.05, 4.69) is 10.4 Å². The molecule has 1 atom stereocenters. The van der Waals surface area contributed by atoms with Gasteiger partial charge in [-0.1, -0.05) is 41.9 Å². The molecule has 1 N–H and O–H groups in total. The van der Waals surface area contributed by atoms with Gasteiger partial charge in [-0.05, 0) is 43.2 Å². The van der Waals surface area contributed by atoms with Crippen LogP contribution in [0.2, 0.25) is 5.02 Å². The molecule has 0 saturated heterocycles. The Morgan fingerprint density at radius 1 is 1.20 bits per heavy atom. The van der Waals surface area contributed by atoms with Crippen molar-refractivity contribution in [2.45, 2.75) is 19.9 Å². The van der Waals surface area contributed by atoms with Crippen LogP contribution >= 0.6 is 11.6 Å². The zero-order valence-electron chi connectivity index (χ0n) is 13.8. The Hall–Kier alpha value is -2.66. The zero-order valence-corrected chi connectivity index (χ0v) is 14.6. The molecule has 1 aromatic heterocycles. The van der Waals surface area contributed by atoms with E-state index in [0.717, 1.165) is 5.56 Å². The molecular weight excluding hydrogens is 341 g/mol. The largest absolute Gasteiger partial charge is 0.376 e. The molecule has 0 aliphatic heterocycles. The SMILES string of the molecule is Cc1ccc(C(C)Nc2cnn(-c3ccccc3)c(=O)c2Cl)cc1F. The Labute approximate surface area is 149 Å². The number of hydrogen-bond donors (Lipinski definition) is 1. The van der Waals surface area contributed by atoms with Gasteiger partial charge in [-0.25, -0.2) is 4.39 Å². The highest BCUT2D eigenvalue weighted by atomic mass is 35.5. The lowest BCUT2D eigenvalue weighted by molar-refractivity contribution is 0.614. The summed E-state index contributed by atoms with van der Waals surface area (Å²) in [5, 5.41) is 7.33. The summed E-state index contributed by atoms with van der Waals surface area (Å²) in [5.74, 6) is -0.269. The highest BCUT2D eigenvalue weighted by molar-refractivity contribution is 6.32. The van der Waals surface area contributed by atoms with Crippen LogP contribution in [0.4, 0.5) is 10.1 Å². The molecule has 0 fully saturated rings. The van der Waals surface area contributed by atoms with Crippen LogP contribution in [-0.2, 0) is 0 Å². The zero-order chi connectivity index (χ0) is 18.0. The van der Waals surface area contributed by atoms with Gasteiger partial charge in [-0.3, -0.25) is 4.79 Å². The lowest BCUT2D eigenvalue weighted by Crippen LogP contribution is -2.23. The molecule has 0 aliphatic carbocycles. The van der Waals surface area contributed by atoms with Gasteiger partial charge in [-0.2, -0.15) is 9.78 Å². The van der Waals surface area contributed by atoms with E-state index in [1.807, 2.05) is 31.2 Å². The van der Waals surface area contributed by atoms with Crippen molar-refractivity contribution in [1.82, 2.24) is 9.78 Å². The first kappa shape index (κ1) is 17.2. The van der Waals surface area contributed by atoms with Gasteiger partial charge in [0.05, 0.1) is 17.6 Å². The van der Waals surface area contributed by atoms with Gasteiger partial charge < -0.3 is 5.32 Å². The minimum atomic E-state index is -0.417. The third kappa shape index (κ3) is 3.56. The summed E-state index contributed by atoms with van der Waals surface area (Å²) in [7, 11) is 0. The second-order valence-electron chi connectivity index (χ2n) is 5.80. The van der Waals surface area contributed by atoms with E-state index in [1.54, 1.807) is 25.1 Å². The van der Waals surface area contributed by atoms with Gasteiger partial charge >= 0.3 is 0 Å². The smallest absolute Gasteiger partial charge is 0.292 e. The van der Waals surface area contributed by atoms with E-state index in [0.29, 0.717) is 16.9 Å². The summed E-state index contributed by atoms with van der Waals surface area (Å²) in [6.07, 6.45) is 1.50. The van der Waals surface area contributed by atoms with Crippen molar-refractivity contribution in [3.05, 3.63) is 87.0 Å². The lowest BCUT2D eigenvalue weighted by Gasteiger charge is -2.17. The third-order valence-corrected chi connectivity index (χ3v) is 4.35. The molecule has 6 heteroatoms. The molecule has 3 aromatic rings. The molecule has 0 radical (unpaired) electrons. The van der Waals surface area contributed by atoms with Crippen LogP contribution < -0.4 is 10.9 Å². The van der Waals surface area contributed by atoms with Gasteiger partial charge in [0, 0.05) is 6.04 Å². The monoisotopic (exact) mass is 357 g/mol. The summed E-state index contributed by atoms with van der Waals surface area (Å²) in [6.45, 7) is 3.57. The van der Waals surface area contributed by atoms with Gasteiger partial charge in [0.1, 0.15) is 10.8 Å². The Morgan fingerprint density at radius 2 is 1.92 bits per heavy atom. The van der Waals surface area contributed by atoms with E-state index in [4.69, 9.17) is 11.6 Å². The Balaban J connectivity index is 1.89. The van der Waals surface area contributed by atoms with Crippen molar-refractivity contribution in [3.8, 4) is 5.69 Å². The minimum Gasteiger partial charge on any atom is -0.376 e. The summed E-state index contributed by atoms with van der Waals surface area (Å²) in [6, 6.07) is 13.8. The van der Waals surface area contributed by atoms with Crippen LogP contribution in [0.25, 0.3) is 5.69 Å². The molecule has 25 heavy (non-hydrogen) atoms. The van der Waals surface area contributed by atoms with Crippen molar-refractivity contribution < 1.29 is 4.39 Å². The second-order valence-corrected chi connectivity index (χ2v) is 6.18. The molecule has 128 valence electrons. The Kier molecular flexibility index (Phi) is 4.86. The summed E-state index contributed by atoms with van der Waals surface area (Å²) >= 11 is 6.23. The van der Waals surface area contributed by atoms with Crippen molar-refractivity contribution in [1.29, 1.82) is 0 Å². The summed E-state index contributed by atoms with van der Waals surface area (Å²) in [5.41, 5.74) is 1.97. The Bertz CT molecular complexity index is 957. The van der Waals surface area contributed by atoms with Crippen LogP contribution in [0.5, 0.6) is 0 Å². The highest BCUT2D eigenvalue weighted by Gasteiger charge is 2.14. The number of nitrogens with zero attached hydrogens (tertiary/aromatic N) is 2. The van der Waals surface area contributed by atoms with E-state index < -0.39 is 5.56 Å². The fourth-order valence-electron chi connectivity index (χ4n) is 2.48. The number of nitrogens with one attached hydrogen (secondary N) is 1. The number of hydrogen-bond acceptors (Lipinski definition) is 3. The quantitative estimate of drug-likeness (QED) is 0.747. The molecule has 0 saturated carbocycles. The molecule has 0 amide bonds. The molecule has 4 nitrogen and oxygen atoms in total. The maximum Gasteiger partial charge on any atom is 0.292 e. The molecule has 1 heterocycles. The predicted octanol–water partition coefficient (Wildman–Crippen LogP) is 4.51. The maximum absolute atomic E-state index is 13.7. The molecule has 1 unspecified atom stereocenters. The summed E-state index contributed by atoms with van der Waals surface area (Å²) < 4.78 is 15.0. The number of halogens is 2. The van der Waals surface area contributed by atoms with Gasteiger partial charge in [0.25, 0.3) is 5.56 Å². The number of para-hydroxylation sites is 1. The average Bonchev–Trinajstić information content (AvgIpc) is 2.62. The minimum absolute atomic E-state index is 0.0401. The maximum atomic E-state index is 13.7. The fourth-order valence-corrected chi connectivity index (χ4v) is 2.66. The number of aryl methyl sites for hydroxylation is 1. The van der Waals surface area contributed by atoms with Gasteiger partial charge in [0.2, 0.25) is 0 Å². The van der Waals surface area contributed by atoms with Crippen LogP contribution in [0, 0.1) is 12.7 Å². The van der Waals surface area contributed by atoms with Crippen molar-refractivity contribution in [2.24, 2.45) is 0 Å². The van der Waals surface area contributed by atoms with Gasteiger partial charge in [-0.15, -0.1) is 0 Å². The van der Waals surface area contributed by atoms with Crippen LogP contribution in [-0.4, -0.2) is 9.78 Å².